The molecule has 1 fully saturated rings. The second-order valence-corrected chi connectivity index (χ2v) is 5.75. The molecule has 2 heterocycles. The first kappa shape index (κ1) is 21.1. The largest absolute Gasteiger partial charge is 0.463 e. The standard InChI is InChI=1S/C15H20N4O9/c1-6(20)25-5-9-10(26-7(2)21)11(27-8(3)22)13(28-9)19-15(16)17-12(18-19)14(23)24-4/h9-11,13H,5H2,1-4H3,(H2,16,17,18)/t9-,10-,11-,13-/m1/s1. The van der Waals surface area contributed by atoms with Gasteiger partial charge in [-0.3, -0.25) is 14.4 Å². The van der Waals surface area contributed by atoms with Crippen LogP contribution in [0, 0.1) is 0 Å². The Morgan fingerprint density at radius 1 is 1.07 bits per heavy atom. The average molecular weight is 400 g/mol. The smallest absolute Gasteiger partial charge is 0.378 e. The molecule has 13 nitrogen and oxygen atoms in total. The van der Waals surface area contributed by atoms with Crippen LogP contribution in [0.4, 0.5) is 5.95 Å². The normalized spacial score (nSPS) is 23.7. The number of nitrogens with two attached hydrogens (primary N) is 1. The van der Waals surface area contributed by atoms with Gasteiger partial charge in [-0.15, -0.1) is 5.10 Å². The molecule has 0 bridgehead atoms. The molecule has 2 rings (SSSR count). The fourth-order valence-corrected chi connectivity index (χ4v) is 2.59. The van der Waals surface area contributed by atoms with Gasteiger partial charge in [0.05, 0.1) is 7.11 Å². The lowest BCUT2D eigenvalue weighted by atomic mass is 10.1. The summed E-state index contributed by atoms with van der Waals surface area (Å²) in [5.41, 5.74) is 5.79. The first-order chi connectivity index (χ1) is 13.1. The minimum Gasteiger partial charge on any atom is -0.463 e. The zero-order valence-corrected chi connectivity index (χ0v) is 15.6. The Kier molecular flexibility index (Phi) is 6.51. The first-order valence-electron chi connectivity index (χ1n) is 8.07. The highest BCUT2D eigenvalue weighted by Gasteiger charge is 2.51. The van der Waals surface area contributed by atoms with E-state index in [2.05, 4.69) is 14.8 Å². The van der Waals surface area contributed by atoms with Gasteiger partial charge in [-0.25, -0.2) is 4.79 Å². The van der Waals surface area contributed by atoms with Crippen LogP contribution in [0.1, 0.15) is 37.6 Å². The van der Waals surface area contributed by atoms with E-state index in [1.54, 1.807) is 0 Å². The molecule has 1 aromatic heterocycles. The van der Waals surface area contributed by atoms with E-state index in [0.29, 0.717) is 0 Å². The maximum atomic E-state index is 11.6. The SMILES string of the molecule is COC(=O)c1nc(N)n([C@@H]2O[C@H](COC(C)=O)[C@@H](OC(C)=O)[C@H]2OC(C)=O)n1. The molecule has 13 heteroatoms. The molecule has 28 heavy (non-hydrogen) atoms. The van der Waals surface area contributed by atoms with Crippen LogP contribution in [0.5, 0.6) is 0 Å². The highest BCUT2D eigenvalue weighted by Crippen LogP contribution is 2.35. The number of anilines is 1. The van der Waals surface area contributed by atoms with Crippen molar-refractivity contribution in [2.75, 3.05) is 19.5 Å². The van der Waals surface area contributed by atoms with Crippen molar-refractivity contribution in [1.29, 1.82) is 0 Å². The lowest BCUT2D eigenvalue weighted by Gasteiger charge is -2.23. The number of hydrogen-bond acceptors (Lipinski definition) is 12. The number of carbonyl (C=O) groups is 4. The van der Waals surface area contributed by atoms with E-state index in [0.717, 1.165) is 25.6 Å². The van der Waals surface area contributed by atoms with Gasteiger partial charge in [0.15, 0.2) is 18.4 Å². The molecule has 0 amide bonds. The summed E-state index contributed by atoms with van der Waals surface area (Å²) in [5, 5.41) is 3.90. The number of nitrogen functional groups attached to an aromatic ring is 1. The summed E-state index contributed by atoms with van der Waals surface area (Å²) in [6, 6.07) is 0. The van der Waals surface area contributed by atoms with Gasteiger partial charge in [0.25, 0.3) is 5.82 Å². The molecule has 0 unspecified atom stereocenters. The summed E-state index contributed by atoms with van der Waals surface area (Å²) in [4.78, 5) is 49.6. The van der Waals surface area contributed by atoms with Crippen LogP contribution in [0.3, 0.4) is 0 Å². The van der Waals surface area contributed by atoms with E-state index >= 15 is 0 Å². The number of rotatable bonds is 6. The molecule has 1 aliphatic rings. The first-order valence-corrected chi connectivity index (χ1v) is 8.07. The van der Waals surface area contributed by atoms with Gasteiger partial charge in [0, 0.05) is 20.8 Å². The van der Waals surface area contributed by atoms with E-state index in [1.165, 1.54) is 6.92 Å². The van der Waals surface area contributed by atoms with Crippen LogP contribution >= 0.6 is 0 Å². The summed E-state index contributed by atoms with van der Waals surface area (Å²) >= 11 is 0. The van der Waals surface area contributed by atoms with Crippen molar-refractivity contribution in [1.82, 2.24) is 14.8 Å². The lowest BCUT2D eigenvalue weighted by Crippen LogP contribution is -2.40. The van der Waals surface area contributed by atoms with E-state index in [4.69, 9.17) is 24.7 Å². The molecular formula is C15H20N4O9. The summed E-state index contributed by atoms with van der Waals surface area (Å²) in [7, 11) is 1.14. The lowest BCUT2D eigenvalue weighted by molar-refractivity contribution is -0.166. The van der Waals surface area contributed by atoms with Crippen molar-refractivity contribution < 1.29 is 42.9 Å². The van der Waals surface area contributed by atoms with Crippen LogP contribution < -0.4 is 5.73 Å². The van der Waals surface area contributed by atoms with Crippen LogP contribution in [0.25, 0.3) is 0 Å². The third kappa shape index (κ3) is 4.73. The fourth-order valence-electron chi connectivity index (χ4n) is 2.59. The second kappa shape index (κ2) is 8.65. The Labute approximate surface area is 159 Å². The minimum atomic E-state index is -1.21. The maximum absolute atomic E-state index is 11.6. The van der Waals surface area contributed by atoms with Gasteiger partial charge in [-0.2, -0.15) is 9.67 Å². The Hall–Kier alpha value is -3.22. The number of esters is 4. The van der Waals surface area contributed by atoms with Gasteiger partial charge in [-0.1, -0.05) is 0 Å². The molecule has 154 valence electrons. The summed E-state index contributed by atoms with van der Waals surface area (Å²) < 4.78 is 26.6. The van der Waals surface area contributed by atoms with Crippen LogP contribution in [-0.2, 0) is 38.1 Å². The molecule has 0 spiro atoms. The molecule has 2 N–H and O–H groups in total. The summed E-state index contributed by atoms with van der Waals surface area (Å²) in [6.45, 7) is 3.20. The van der Waals surface area contributed by atoms with E-state index in [9.17, 15) is 19.2 Å². The summed E-state index contributed by atoms with van der Waals surface area (Å²) in [5.74, 6) is -3.40. The van der Waals surface area contributed by atoms with Crippen LogP contribution in [0.15, 0.2) is 0 Å². The number of aromatic nitrogens is 3. The van der Waals surface area contributed by atoms with Crippen molar-refractivity contribution in [3.05, 3.63) is 5.82 Å². The zero-order valence-electron chi connectivity index (χ0n) is 15.6. The Morgan fingerprint density at radius 3 is 2.21 bits per heavy atom. The average Bonchev–Trinajstić information content (AvgIpc) is 3.13. The molecule has 4 atom stereocenters. The van der Waals surface area contributed by atoms with Crippen molar-refractivity contribution in [2.45, 2.75) is 45.3 Å². The molecule has 0 aliphatic carbocycles. The van der Waals surface area contributed by atoms with Gasteiger partial charge < -0.3 is 29.4 Å². The molecule has 1 aliphatic heterocycles. The van der Waals surface area contributed by atoms with Crippen molar-refractivity contribution in [3.8, 4) is 0 Å². The highest BCUT2D eigenvalue weighted by molar-refractivity contribution is 5.85. The Balaban J connectivity index is 2.40. The minimum absolute atomic E-state index is 0.239. The predicted molar refractivity (Wildman–Crippen MR) is 87.4 cm³/mol. The van der Waals surface area contributed by atoms with Crippen molar-refractivity contribution >= 4 is 29.8 Å². The monoisotopic (exact) mass is 400 g/mol. The topological polar surface area (TPSA) is 171 Å². The second-order valence-electron chi connectivity index (χ2n) is 5.75. The molecule has 0 radical (unpaired) electrons. The molecular weight excluding hydrogens is 380 g/mol. The van der Waals surface area contributed by atoms with Gasteiger partial charge >= 0.3 is 23.9 Å². The van der Waals surface area contributed by atoms with Crippen molar-refractivity contribution in [3.63, 3.8) is 0 Å². The molecule has 1 saturated heterocycles. The van der Waals surface area contributed by atoms with E-state index in [1.807, 2.05) is 0 Å². The third-order valence-electron chi connectivity index (χ3n) is 3.61. The molecule has 1 aromatic rings. The number of nitrogens with zero attached hydrogens (tertiary/aromatic N) is 3. The van der Waals surface area contributed by atoms with E-state index in [-0.39, 0.29) is 18.4 Å². The Morgan fingerprint density at radius 2 is 1.68 bits per heavy atom. The van der Waals surface area contributed by atoms with Gasteiger partial charge in [-0.05, 0) is 0 Å². The number of hydrogen-bond donors (Lipinski definition) is 1. The molecule has 0 saturated carbocycles. The highest BCUT2D eigenvalue weighted by atomic mass is 16.7. The maximum Gasteiger partial charge on any atom is 0.378 e. The zero-order chi connectivity index (χ0) is 21.0. The predicted octanol–water partition coefficient (Wildman–Crippen LogP) is -1.03. The quantitative estimate of drug-likeness (QED) is 0.455. The van der Waals surface area contributed by atoms with Gasteiger partial charge in [0.1, 0.15) is 12.7 Å². The van der Waals surface area contributed by atoms with Crippen molar-refractivity contribution in [2.24, 2.45) is 0 Å². The molecule has 0 aromatic carbocycles. The van der Waals surface area contributed by atoms with Crippen LogP contribution in [-0.4, -0.2) is 70.7 Å². The Bertz CT molecular complexity index is 778. The fraction of sp³-hybridized carbons (Fsp3) is 0.600. The van der Waals surface area contributed by atoms with Gasteiger partial charge in [0.2, 0.25) is 5.95 Å². The number of methoxy groups -OCH3 is 1. The third-order valence-corrected chi connectivity index (χ3v) is 3.61. The summed E-state index contributed by atoms with van der Waals surface area (Å²) in [6.07, 6.45) is -4.53. The number of ether oxygens (including phenoxy) is 5. The van der Waals surface area contributed by atoms with E-state index < -0.39 is 48.4 Å². The van der Waals surface area contributed by atoms with Crippen LogP contribution in [0.2, 0.25) is 0 Å². The number of carbonyl (C=O) groups excluding carboxylic acids is 4.